The molecule has 1 saturated heterocycles. The van der Waals surface area contributed by atoms with Crippen LogP contribution in [-0.4, -0.2) is 29.6 Å². The van der Waals surface area contributed by atoms with E-state index in [1.807, 2.05) is 18.7 Å². The minimum absolute atomic E-state index is 0.0355. The lowest BCUT2D eigenvalue weighted by molar-refractivity contribution is 0.217. The quantitative estimate of drug-likeness (QED) is 0.640. The van der Waals surface area contributed by atoms with Gasteiger partial charge in [-0.1, -0.05) is 6.92 Å². The highest BCUT2D eigenvalue weighted by molar-refractivity contribution is 5.77. The Hall–Kier alpha value is -0.730. The molecular formula is C8H16N2O. The van der Waals surface area contributed by atoms with Crippen molar-refractivity contribution in [2.45, 2.75) is 32.7 Å². The van der Waals surface area contributed by atoms with Crippen molar-refractivity contribution >= 4 is 6.03 Å². The Morgan fingerprint density at radius 3 is 2.64 bits per heavy atom. The molecule has 0 bridgehead atoms. The van der Waals surface area contributed by atoms with E-state index in [0.717, 1.165) is 19.5 Å². The van der Waals surface area contributed by atoms with Gasteiger partial charge in [-0.05, 0) is 20.3 Å². The van der Waals surface area contributed by atoms with E-state index in [1.165, 1.54) is 0 Å². The zero-order chi connectivity index (χ0) is 8.48. The van der Waals surface area contributed by atoms with Gasteiger partial charge in [0, 0.05) is 13.1 Å². The summed E-state index contributed by atoms with van der Waals surface area (Å²) >= 11 is 0. The first-order valence-electron chi connectivity index (χ1n) is 4.12. The fraction of sp³-hybridized carbons (Fsp3) is 0.875. The normalized spacial score (nSPS) is 22.1. The largest absolute Gasteiger partial charge is 0.331 e. The van der Waals surface area contributed by atoms with Gasteiger partial charge < -0.3 is 10.2 Å². The van der Waals surface area contributed by atoms with Crippen LogP contribution in [0.3, 0.4) is 0 Å². The average Bonchev–Trinajstić information content (AvgIpc) is 2.07. The Morgan fingerprint density at radius 2 is 2.27 bits per heavy atom. The third-order valence-corrected chi connectivity index (χ3v) is 1.81. The van der Waals surface area contributed by atoms with Gasteiger partial charge in [-0.25, -0.2) is 4.79 Å². The molecule has 3 heteroatoms. The van der Waals surface area contributed by atoms with Crippen LogP contribution in [0.4, 0.5) is 4.79 Å². The molecule has 0 spiro atoms. The lowest BCUT2D eigenvalue weighted by atomic mass is 10.1. The van der Waals surface area contributed by atoms with Crippen molar-refractivity contribution in [2.24, 2.45) is 0 Å². The molecule has 0 aromatic carbocycles. The Morgan fingerprint density at radius 1 is 1.64 bits per heavy atom. The van der Waals surface area contributed by atoms with Crippen LogP contribution in [0.25, 0.3) is 0 Å². The Kier molecular flexibility index (Phi) is 2.07. The highest BCUT2D eigenvalue weighted by Gasteiger charge is 2.33. The van der Waals surface area contributed by atoms with Crippen LogP contribution in [0.2, 0.25) is 0 Å². The van der Waals surface area contributed by atoms with Gasteiger partial charge in [0.15, 0.2) is 0 Å². The van der Waals surface area contributed by atoms with Crippen molar-refractivity contribution in [3.8, 4) is 0 Å². The van der Waals surface area contributed by atoms with Crippen LogP contribution in [0.15, 0.2) is 0 Å². The maximum atomic E-state index is 11.2. The van der Waals surface area contributed by atoms with Gasteiger partial charge in [0.2, 0.25) is 0 Å². The fourth-order valence-electron chi connectivity index (χ4n) is 1.41. The fourth-order valence-corrected chi connectivity index (χ4v) is 1.41. The van der Waals surface area contributed by atoms with Crippen molar-refractivity contribution in [1.29, 1.82) is 0 Å². The molecule has 0 radical (unpaired) electrons. The number of nitrogens with zero attached hydrogens (tertiary/aromatic N) is 1. The van der Waals surface area contributed by atoms with E-state index >= 15 is 0 Å². The lowest BCUT2D eigenvalue weighted by Gasteiger charge is -2.16. The van der Waals surface area contributed by atoms with Crippen molar-refractivity contribution in [3.63, 3.8) is 0 Å². The summed E-state index contributed by atoms with van der Waals surface area (Å²) in [7, 11) is 0. The molecule has 0 atom stereocenters. The third kappa shape index (κ3) is 1.85. The molecule has 1 fully saturated rings. The van der Waals surface area contributed by atoms with Crippen LogP contribution < -0.4 is 5.32 Å². The second kappa shape index (κ2) is 2.72. The molecule has 64 valence electrons. The average molecular weight is 156 g/mol. The second-order valence-electron chi connectivity index (χ2n) is 3.74. The molecule has 0 saturated carbocycles. The van der Waals surface area contributed by atoms with Gasteiger partial charge in [0.1, 0.15) is 0 Å². The van der Waals surface area contributed by atoms with E-state index in [9.17, 15) is 4.79 Å². The van der Waals surface area contributed by atoms with Crippen LogP contribution in [0.1, 0.15) is 27.2 Å². The van der Waals surface area contributed by atoms with Crippen LogP contribution in [-0.2, 0) is 0 Å². The Bertz CT molecular complexity index is 165. The summed E-state index contributed by atoms with van der Waals surface area (Å²) < 4.78 is 0. The molecule has 3 nitrogen and oxygen atoms in total. The molecule has 0 aromatic heterocycles. The summed E-state index contributed by atoms with van der Waals surface area (Å²) in [6.45, 7) is 7.87. The number of amides is 2. The third-order valence-electron chi connectivity index (χ3n) is 1.81. The predicted octanol–water partition coefficient (Wildman–Crippen LogP) is 1.20. The lowest BCUT2D eigenvalue weighted by Crippen LogP contribution is -2.36. The topological polar surface area (TPSA) is 32.3 Å². The first kappa shape index (κ1) is 8.37. The van der Waals surface area contributed by atoms with E-state index in [1.54, 1.807) is 0 Å². The highest BCUT2D eigenvalue weighted by atomic mass is 16.2. The number of urea groups is 1. The van der Waals surface area contributed by atoms with Gasteiger partial charge >= 0.3 is 6.03 Å². The monoisotopic (exact) mass is 156 g/mol. The molecule has 2 amide bonds. The van der Waals surface area contributed by atoms with Crippen LogP contribution in [0.5, 0.6) is 0 Å². The van der Waals surface area contributed by atoms with Gasteiger partial charge in [-0.2, -0.15) is 0 Å². The number of hydrogen-bond acceptors (Lipinski definition) is 1. The van der Waals surface area contributed by atoms with Crippen LogP contribution >= 0.6 is 0 Å². The summed E-state index contributed by atoms with van der Waals surface area (Å²) in [4.78, 5) is 13.1. The number of hydrogen-bond donors (Lipinski definition) is 1. The number of rotatable bonds is 2. The molecule has 1 aliphatic rings. The summed E-state index contributed by atoms with van der Waals surface area (Å²) in [5, 5.41) is 2.92. The second-order valence-corrected chi connectivity index (χ2v) is 3.74. The molecule has 0 unspecified atom stereocenters. The zero-order valence-electron chi connectivity index (χ0n) is 7.48. The Labute approximate surface area is 67.8 Å². The van der Waals surface area contributed by atoms with E-state index in [0.29, 0.717) is 0 Å². The van der Waals surface area contributed by atoms with Crippen molar-refractivity contribution < 1.29 is 4.79 Å². The molecule has 0 aromatic rings. The van der Waals surface area contributed by atoms with Gasteiger partial charge in [0.05, 0.1) is 5.54 Å². The number of carbonyl (C=O) groups is 1. The standard InChI is InChI=1S/C8H16N2O/c1-4-5-10-6-8(2,3)9-7(10)11/h4-6H2,1-3H3,(H,9,11). The number of carbonyl (C=O) groups excluding carboxylic acids is 1. The van der Waals surface area contributed by atoms with E-state index in [4.69, 9.17) is 0 Å². The zero-order valence-corrected chi connectivity index (χ0v) is 7.48. The molecule has 11 heavy (non-hydrogen) atoms. The minimum atomic E-state index is -0.0355. The van der Waals surface area contributed by atoms with E-state index < -0.39 is 0 Å². The SMILES string of the molecule is CCCN1CC(C)(C)NC1=O. The van der Waals surface area contributed by atoms with Crippen molar-refractivity contribution in [1.82, 2.24) is 10.2 Å². The van der Waals surface area contributed by atoms with E-state index in [2.05, 4.69) is 12.2 Å². The van der Waals surface area contributed by atoms with Gasteiger partial charge in [-0.15, -0.1) is 0 Å². The molecule has 1 rings (SSSR count). The highest BCUT2D eigenvalue weighted by Crippen LogP contribution is 2.13. The predicted molar refractivity (Wildman–Crippen MR) is 44.5 cm³/mol. The summed E-state index contributed by atoms with van der Waals surface area (Å²) in [5.74, 6) is 0. The van der Waals surface area contributed by atoms with Crippen molar-refractivity contribution in [2.75, 3.05) is 13.1 Å². The first-order chi connectivity index (χ1) is 5.05. The summed E-state index contributed by atoms with van der Waals surface area (Å²) in [6.07, 6.45) is 1.03. The van der Waals surface area contributed by atoms with Crippen LogP contribution in [0, 0.1) is 0 Å². The Balaban J connectivity index is 2.52. The van der Waals surface area contributed by atoms with Gasteiger partial charge in [-0.3, -0.25) is 0 Å². The maximum absolute atomic E-state index is 11.2. The molecular weight excluding hydrogens is 140 g/mol. The van der Waals surface area contributed by atoms with E-state index in [-0.39, 0.29) is 11.6 Å². The summed E-state index contributed by atoms with van der Waals surface area (Å²) in [5.41, 5.74) is -0.0355. The molecule has 1 aliphatic heterocycles. The van der Waals surface area contributed by atoms with Gasteiger partial charge in [0.25, 0.3) is 0 Å². The molecule has 1 heterocycles. The van der Waals surface area contributed by atoms with Crippen molar-refractivity contribution in [3.05, 3.63) is 0 Å². The first-order valence-corrected chi connectivity index (χ1v) is 4.12. The minimum Gasteiger partial charge on any atom is -0.331 e. The maximum Gasteiger partial charge on any atom is 0.317 e. The number of nitrogens with one attached hydrogen (secondary N) is 1. The molecule has 0 aliphatic carbocycles. The smallest absolute Gasteiger partial charge is 0.317 e. The molecule has 1 N–H and O–H groups in total. The summed E-state index contributed by atoms with van der Waals surface area (Å²) in [6, 6.07) is 0.0804.